The Balaban J connectivity index is 1.48. The molecule has 2 aromatic carbocycles. The molecule has 39 heavy (non-hydrogen) atoms. The summed E-state index contributed by atoms with van der Waals surface area (Å²) in [6.45, 7) is 6.39. The van der Waals surface area contributed by atoms with Crippen LogP contribution >= 0.6 is 43.0 Å². The van der Waals surface area contributed by atoms with Crippen LogP contribution in [0.1, 0.15) is 26.3 Å². The second kappa shape index (κ2) is 12.8. The maximum atomic E-state index is 15.4. The van der Waals surface area contributed by atoms with Crippen molar-refractivity contribution >= 4 is 54.9 Å². The van der Waals surface area contributed by atoms with Crippen LogP contribution in [0.15, 0.2) is 46.1 Å². The Hall–Kier alpha value is -2.46. The number of benzene rings is 2. The van der Waals surface area contributed by atoms with Crippen molar-refractivity contribution in [2.75, 3.05) is 37.5 Å². The summed E-state index contributed by atoms with van der Waals surface area (Å²) in [7, 11) is 2.15. The van der Waals surface area contributed by atoms with Gasteiger partial charge in [-0.3, -0.25) is 4.31 Å². The SMILES string of the molecule is COc1ccc(CN(Sc2cc(Cl)c(OP3CCN(C(=O)OC(C)(C)C)C3)cc2F)c2cscn2)c(OC)c1. The molecule has 1 aliphatic heterocycles. The number of amides is 1. The molecular formula is C26H30ClFN3O5PS2. The normalized spacial score (nSPS) is 15.3. The van der Waals surface area contributed by atoms with Crippen LogP contribution in [0.25, 0.3) is 0 Å². The molecular weight excluding hydrogens is 584 g/mol. The molecule has 210 valence electrons. The lowest BCUT2D eigenvalue weighted by molar-refractivity contribution is 0.0306. The number of carbonyl (C=O) groups excluding carboxylic acids is 1. The fraction of sp³-hybridized carbons (Fsp3) is 0.385. The Morgan fingerprint density at radius 3 is 2.69 bits per heavy atom. The van der Waals surface area contributed by atoms with E-state index in [-0.39, 0.29) is 16.9 Å². The first-order chi connectivity index (χ1) is 18.6. The first kappa shape index (κ1) is 29.5. The van der Waals surface area contributed by atoms with Crippen LogP contribution in [0.4, 0.5) is 15.0 Å². The molecule has 1 atom stereocenters. The Kier molecular flexibility index (Phi) is 9.69. The number of nitrogens with zero attached hydrogens (tertiary/aromatic N) is 3. The maximum absolute atomic E-state index is 15.4. The van der Waals surface area contributed by atoms with Crippen LogP contribution in [0.3, 0.4) is 0 Å². The molecule has 1 unspecified atom stereocenters. The Morgan fingerprint density at radius 2 is 2.03 bits per heavy atom. The van der Waals surface area contributed by atoms with Gasteiger partial charge in [-0.15, -0.1) is 11.3 Å². The Bertz CT molecular complexity index is 1300. The van der Waals surface area contributed by atoms with E-state index in [1.54, 1.807) is 36.8 Å². The van der Waals surface area contributed by atoms with Gasteiger partial charge < -0.3 is 23.6 Å². The lowest BCUT2D eigenvalue weighted by Crippen LogP contribution is -2.34. The van der Waals surface area contributed by atoms with Crippen LogP contribution < -0.4 is 18.3 Å². The van der Waals surface area contributed by atoms with E-state index in [2.05, 4.69) is 4.98 Å². The molecule has 0 radical (unpaired) electrons. The predicted octanol–water partition coefficient (Wildman–Crippen LogP) is 7.65. The minimum Gasteiger partial charge on any atom is -0.497 e. The molecule has 0 saturated carbocycles. The lowest BCUT2D eigenvalue weighted by atomic mass is 10.2. The van der Waals surface area contributed by atoms with Gasteiger partial charge in [-0.05, 0) is 50.9 Å². The topological polar surface area (TPSA) is 73.4 Å². The number of hydrogen-bond acceptors (Lipinski definition) is 9. The van der Waals surface area contributed by atoms with Crippen molar-refractivity contribution in [2.45, 2.75) is 37.8 Å². The van der Waals surface area contributed by atoms with Gasteiger partial charge in [-0.25, -0.2) is 14.2 Å². The highest BCUT2D eigenvalue weighted by Gasteiger charge is 2.32. The zero-order chi connectivity index (χ0) is 28.2. The zero-order valence-electron chi connectivity index (χ0n) is 22.3. The monoisotopic (exact) mass is 613 g/mol. The molecule has 1 fully saturated rings. The molecule has 8 nitrogen and oxygen atoms in total. The van der Waals surface area contributed by atoms with Crippen molar-refractivity contribution in [3.63, 3.8) is 0 Å². The summed E-state index contributed by atoms with van der Waals surface area (Å²) in [6.07, 6.45) is 0.681. The van der Waals surface area contributed by atoms with Crippen LogP contribution in [0.5, 0.6) is 17.2 Å². The van der Waals surface area contributed by atoms with Crippen molar-refractivity contribution in [1.29, 1.82) is 0 Å². The summed E-state index contributed by atoms with van der Waals surface area (Å²) in [5, 5.41) is 2.18. The number of carbonyl (C=O) groups is 1. The smallest absolute Gasteiger partial charge is 0.410 e. The Labute approximate surface area is 242 Å². The third-order valence-corrected chi connectivity index (χ3v) is 9.23. The third-order valence-electron chi connectivity index (χ3n) is 5.50. The number of aromatic nitrogens is 1. The Morgan fingerprint density at radius 1 is 1.23 bits per heavy atom. The summed E-state index contributed by atoms with van der Waals surface area (Å²) in [6, 6.07) is 8.41. The summed E-state index contributed by atoms with van der Waals surface area (Å²) in [5.74, 6) is 1.79. The number of rotatable bonds is 9. The first-order valence-electron chi connectivity index (χ1n) is 12.0. The van der Waals surface area contributed by atoms with E-state index >= 15 is 4.39 Å². The van der Waals surface area contributed by atoms with E-state index in [1.165, 1.54) is 29.4 Å². The quantitative estimate of drug-likeness (QED) is 0.180. The number of hydrogen-bond donors (Lipinski definition) is 0. The first-order valence-corrected chi connectivity index (χ1v) is 15.7. The van der Waals surface area contributed by atoms with Gasteiger partial charge in [0.15, 0.2) is 0 Å². The van der Waals surface area contributed by atoms with Crippen LogP contribution in [-0.2, 0) is 11.3 Å². The van der Waals surface area contributed by atoms with Gasteiger partial charge in [-0.2, -0.15) is 0 Å². The molecule has 0 bridgehead atoms. The summed E-state index contributed by atoms with van der Waals surface area (Å²) in [5.41, 5.74) is 2.02. The van der Waals surface area contributed by atoms with E-state index in [4.69, 9.17) is 30.3 Å². The van der Waals surface area contributed by atoms with Crippen molar-refractivity contribution in [3.8, 4) is 17.2 Å². The summed E-state index contributed by atoms with van der Waals surface area (Å²) >= 11 is 9.18. The highest BCUT2D eigenvalue weighted by atomic mass is 35.5. The zero-order valence-corrected chi connectivity index (χ0v) is 25.6. The van der Waals surface area contributed by atoms with Crippen molar-refractivity contribution < 1.29 is 27.9 Å². The average Bonchev–Trinajstić information content (AvgIpc) is 3.58. The molecule has 1 amide bonds. The number of ether oxygens (including phenoxy) is 3. The third kappa shape index (κ3) is 7.81. The molecule has 0 N–H and O–H groups in total. The van der Waals surface area contributed by atoms with E-state index in [9.17, 15) is 4.79 Å². The largest absolute Gasteiger partial charge is 0.497 e. The fourth-order valence-corrected chi connectivity index (χ4v) is 7.35. The minimum atomic E-state index is -1.04. The predicted molar refractivity (Wildman–Crippen MR) is 155 cm³/mol. The molecule has 13 heteroatoms. The van der Waals surface area contributed by atoms with Gasteiger partial charge in [0.05, 0.1) is 42.5 Å². The van der Waals surface area contributed by atoms with Gasteiger partial charge in [0, 0.05) is 35.8 Å². The lowest BCUT2D eigenvalue weighted by Gasteiger charge is -2.24. The summed E-state index contributed by atoms with van der Waals surface area (Å²) < 4.78 is 39.6. The second-order valence-electron chi connectivity index (χ2n) is 9.55. The van der Waals surface area contributed by atoms with Gasteiger partial charge in [0.1, 0.15) is 42.6 Å². The van der Waals surface area contributed by atoms with Crippen molar-refractivity contribution in [2.24, 2.45) is 0 Å². The molecule has 4 rings (SSSR count). The maximum Gasteiger partial charge on any atom is 0.410 e. The van der Waals surface area contributed by atoms with Crippen LogP contribution in [0.2, 0.25) is 5.02 Å². The number of methoxy groups -OCH3 is 2. The summed E-state index contributed by atoms with van der Waals surface area (Å²) in [4.78, 5) is 18.7. The fourth-order valence-electron chi connectivity index (χ4n) is 3.65. The van der Waals surface area contributed by atoms with Gasteiger partial charge >= 0.3 is 6.09 Å². The van der Waals surface area contributed by atoms with Gasteiger partial charge in [-0.1, -0.05) is 11.6 Å². The number of halogens is 2. The molecule has 1 aromatic heterocycles. The van der Waals surface area contributed by atoms with Crippen LogP contribution in [0, 0.1) is 5.82 Å². The highest BCUT2D eigenvalue weighted by molar-refractivity contribution is 8.00. The molecule has 0 spiro atoms. The average molecular weight is 614 g/mol. The highest BCUT2D eigenvalue weighted by Crippen LogP contribution is 2.47. The van der Waals surface area contributed by atoms with E-state index in [0.717, 1.165) is 5.56 Å². The van der Waals surface area contributed by atoms with E-state index in [1.807, 2.05) is 42.6 Å². The molecule has 2 heterocycles. The van der Waals surface area contributed by atoms with E-state index < -0.39 is 19.6 Å². The molecule has 0 aliphatic carbocycles. The van der Waals surface area contributed by atoms with Gasteiger partial charge in [0.2, 0.25) is 0 Å². The minimum absolute atomic E-state index is 0.257. The number of thiazole rings is 1. The van der Waals surface area contributed by atoms with Gasteiger partial charge in [0.25, 0.3) is 0 Å². The molecule has 3 aromatic rings. The molecule has 1 aliphatic rings. The standard InChI is InChI=1S/C26H30ClFN3O5PS2/c1-26(2,3)35-25(32)30-8-9-37(16-30)36-22-12-20(28)23(11-19(22)27)39-31(24-14-38-15-29-24)13-17-6-7-18(33-4)10-21(17)34-5/h6-7,10-12,14-15H,8-9,13,16H2,1-5H3. The second-order valence-corrected chi connectivity index (χ2v) is 13.6. The van der Waals surface area contributed by atoms with Crippen LogP contribution in [-0.4, -0.2) is 54.8 Å². The van der Waals surface area contributed by atoms with E-state index in [0.29, 0.717) is 47.7 Å². The molecule has 1 saturated heterocycles. The van der Waals surface area contributed by atoms with Crippen molar-refractivity contribution in [1.82, 2.24) is 9.88 Å². The number of anilines is 1. The van der Waals surface area contributed by atoms with Crippen molar-refractivity contribution in [3.05, 3.63) is 57.6 Å².